The predicted octanol–water partition coefficient (Wildman–Crippen LogP) is 1.15. The number of anilines is 1. The van der Waals surface area contributed by atoms with Crippen molar-refractivity contribution >= 4 is 11.6 Å². The van der Waals surface area contributed by atoms with E-state index in [-0.39, 0.29) is 5.91 Å². The number of amides is 1. The number of hydrogen-bond acceptors (Lipinski definition) is 5. The van der Waals surface area contributed by atoms with E-state index in [1.54, 1.807) is 0 Å². The Bertz CT molecular complexity index is 611. The molecule has 6 heteroatoms. The zero-order valence-electron chi connectivity index (χ0n) is 15.1. The fraction of sp³-hybridized carbons (Fsp3) is 0.684. The topological polar surface area (TPSA) is 48.9 Å². The predicted molar refractivity (Wildman–Crippen MR) is 96.7 cm³/mol. The van der Waals surface area contributed by atoms with Gasteiger partial charge in [0.15, 0.2) is 0 Å². The van der Waals surface area contributed by atoms with E-state index in [0.29, 0.717) is 25.1 Å². The van der Waals surface area contributed by atoms with Crippen molar-refractivity contribution in [3.8, 4) is 0 Å². The Morgan fingerprint density at radius 3 is 2.76 bits per heavy atom. The molecule has 1 unspecified atom stereocenters. The molecule has 3 aliphatic rings. The van der Waals surface area contributed by atoms with E-state index in [2.05, 4.69) is 32.7 Å². The quantitative estimate of drug-likeness (QED) is 0.820. The summed E-state index contributed by atoms with van der Waals surface area (Å²) < 4.78 is 5.61. The highest BCUT2D eigenvalue weighted by Crippen LogP contribution is 2.36. The summed E-state index contributed by atoms with van der Waals surface area (Å²) in [4.78, 5) is 23.8. The van der Waals surface area contributed by atoms with Crippen molar-refractivity contribution < 1.29 is 9.53 Å². The lowest BCUT2D eigenvalue weighted by molar-refractivity contribution is -0.142. The number of hydrogen-bond donors (Lipinski definition) is 0. The fourth-order valence-electron chi connectivity index (χ4n) is 4.02. The Morgan fingerprint density at radius 2 is 2.04 bits per heavy atom. The molecule has 0 aromatic carbocycles. The number of ether oxygens (including phenoxy) is 1. The lowest BCUT2D eigenvalue weighted by atomic mass is 10.1. The number of aryl methyl sites for hydroxylation is 1. The molecule has 0 radical (unpaired) electrons. The first-order valence-corrected chi connectivity index (χ1v) is 9.47. The molecule has 3 heterocycles. The van der Waals surface area contributed by atoms with Crippen LogP contribution in [0.25, 0.3) is 0 Å². The Morgan fingerprint density at radius 1 is 1.24 bits per heavy atom. The number of aromatic nitrogens is 1. The second kappa shape index (κ2) is 7.30. The summed E-state index contributed by atoms with van der Waals surface area (Å²) in [7, 11) is 0. The van der Waals surface area contributed by atoms with Crippen LogP contribution >= 0.6 is 0 Å². The third-order valence-electron chi connectivity index (χ3n) is 5.74. The first-order chi connectivity index (χ1) is 12.2. The van der Waals surface area contributed by atoms with Gasteiger partial charge in [-0.15, -0.1) is 0 Å². The molecule has 1 aromatic heterocycles. The summed E-state index contributed by atoms with van der Waals surface area (Å²) in [6, 6.07) is 2.38. The van der Waals surface area contributed by atoms with E-state index >= 15 is 0 Å². The lowest BCUT2D eigenvalue weighted by Crippen LogP contribution is -2.55. The first-order valence-electron chi connectivity index (χ1n) is 9.47. The van der Waals surface area contributed by atoms with Crippen LogP contribution in [0.4, 0.5) is 5.69 Å². The number of carbonyl (C=O) groups is 1. The van der Waals surface area contributed by atoms with Crippen molar-refractivity contribution in [1.82, 2.24) is 14.8 Å². The van der Waals surface area contributed by atoms with Crippen LogP contribution in [-0.2, 0) is 9.53 Å². The van der Waals surface area contributed by atoms with Crippen molar-refractivity contribution in [3.63, 3.8) is 0 Å². The van der Waals surface area contributed by atoms with Crippen LogP contribution in [0.15, 0.2) is 18.5 Å². The number of morpholine rings is 1. The van der Waals surface area contributed by atoms with Gasteiger partial charge in [-0.3, -0.25) is 14.7 Å². The highest BCUT2D eigenvalue weighted by molar-refractivity contribution is 5.79. The summed E-state index contributed by atoms with van der Waals surface area (Å²) >= 11 is 0. The minimum Gasteiger partial charge on any atom is -0.377 e. The van der Waals surface area contributed by atoms with Gasteiger partial charge in [-0.1, -0.05) is 0 Å². The molecule has 2 aliphatic heterocycles. The Kier molecular flexibility index (Phi) is 4.90. The molecule has 1 aliphatic carbocycles. The van der Waals surface area contributed by atoms with Gasteiger partial charge in [-0.05, 0) is 37.3 Å². The number of piperazine rings is 1. The van der Waals surface area contributed by atoms with Crippen molar-refractivity contribution in [2.45, 2.75) is 25.8 Å². The van der Waals surface area contributed by atoms with Gasteiger partial charge in [0.05, 0.1) is 37.7 Å². The molecule has 6 nitrogen and oxygen atoms in total. The molecule has 3 fully saturated rings. The molecule has 1 amide bonds. The van der Waals surface area contributed by atoms with Gasteiger partial charge in [0, 0.05) is 38.9 Å². The molecule has 1 aromatic rings. The Hall–Kier alpha value is -1.66. The van der Waals surface area contributed by atoms with Crippen LogP contribution in [-0.4, -0.2) is 79.2 Å². The van der Waals surface area contributed by atoms with Crippen LogP contribution in [0.2, 0.25) is 0 Å². The molecule has 2 saturated heterocycles. The van der Waals surface area contributed by atoms with Crippen LogP contribution in [0.3, 0.4) is 0 Å². The zero-order chi connectivity index (χ0) is 17.2. The Labute approximate surface area is 149 Å². The van der Waals surface area contributed by atoms with Gasteiger partial charge in [0.2, 0.25) is 5.91 Å². The highest BCUT2D eigenvalue weighted by atomic mass is 16.5. The SMILES string of the molecule is Cc1ccncc1N1CCN(CC(=O)N2CCOCC2C2CC2)CC1. The van der Waals surface area contributed by atoms with Gasteiger partial charge in [-0.25, -0.2) is 0 Å². The molecule has 25 heavy (non-hydrogen) atoms. The molecule has 136 valence electrons. The van der Waals surface area contributed by atoms with Crippen molar-refractivity contribution in [1.29, 1.82) is 0 Å². The molecule has 0 N–H and O–H groups in total. The van der Waals surface area contributed by atoms with Crippen molar-refractivity contribution in [3.05, 3.63) is 24.0 Å². The van der Waals surface area contributed by atoms with Gasteiger partial charge in [-0.2, -0.15) is 0 Å². The number of carbonyl (C=O) groups excluding carboxylic acids is 1. The fourth-order valence-corrected chi connectivity index (χ4v) is 4.02. The van der Waals surface area contributed by atoms with Crippen LogP contribution in [0.5, 0.6) is 0 Å². The minimum atomic E-state index is 0.284. The zero-order valence-corrected chi connectivity index (χ0v) is 15.1. The third kappa shape index (κ3) is 3.80. The maximum atomic E-state index is 12.8. The van der Waals surface area contributed by atoms with Crippen LogP contribution < -0.4 is 4.90 Å². The van der Waals surface area contributed by atoms with E-state index in [1.807, 2.05) is 12.4 Å². The normalized spacial score (nSPS) is 25.2. The van der Waals surface area contributed by atoms with E-state index in [1.165, 1.54) is 24.1 Å². The number of nitrogens with zero attached hydrogens (tertiary/aromatic N) is 4. The van der Waals surface area contributed by atoms with E-state index in [9.17, 15) is 4.79 Å². The molecule has 0 spiro atoms. The summed E-state index contributed by atoms with van der Waals surface area (Å²) in [5.74, 6) is 0.959. The molecular formula is C19H28N4O2. The van der Waals surface area contributed by atoms with Gasteiger partial charge in [0.25, 0.3) is 0 Å². The molecule has 4 rings (SSSR count). The van der Waals surface area contributed by atoms with Crippen molar-refractivity contribution in [2.75, 3.05) is 57.4 Å². The lowest BCUT2D eigenvalue weighted by Gasteiger charge is -2.39. The second-order valence-electron chi connectivity index (χ2n) is 7.49. The van der Waals surface area contributed by atoms with E-state index < -0.39 is 0 Å². The monoisotopic (exact) mass is 344 g/mol. The highest BCUT2D eigenvalue weighted by Gasteiger charge is 2.39. The summed E-state index contributed by atoms with van der Waals surface area (Å²) in [5.41, 5.74) is 2.48. The standard InChI is InChI=1S/C19H28N4O2/c1-15-4-5-20-12-17(15)22-8-6-21(7-9-22)13-19(24)23-10-11-25-14-18(23)16-2-3-16/h4-5,12,16,18H,2-3,6-11,13-14H2,1H3. The number of rotatable bonds is 4. The second-order valence-corrected chi connectivity index (χ2v) is 7.49. The van der Waals surface area contributed by atoms with Gasteiger partial charge >= 0.3 is 0 Å². The Balaban J connectivity index is 1.31. The number of pyridine rings is 1. The van der Waals surface area contributed by atoms with Crippen LogP contribution in [0.1, 0.15) is 18.4 Å². The summed E-state index contributed by atoms with van der Waals surface area (Å²) in [6.07, 6.45) is 6.29. The summed E-state index contributed by atoms with van der Waals surface area (Å²) in [6.45, 7) is 8.61. The third-order valence-corrected chi connectivity index (χ3v) is 5.74. The first kappa shape index (κ1) is 16.8. The van der Waals surface area contributed by atoms with E-state index in [0.717, 1.165) is 39.3 Å². The van der Waals surface area contributed by atoms with E-state index in [4.69, 9.17) is 4.74 Å². The van der Waals surface area contributed by atoms with Crippen LogP contribution in [0, 0.1) is 12.8 Å². The largest absolute Gasteiger partial charge is 0.377 e. The van der Waals surface area contributed by atoms with Gasteiger partial charge < -0.3 is 14.5 Å². The molecule has 1 saturated carbocycles. The smallest absolute Gasteiger partial charge is 0.237 e. The maximum Gasteiger partial charge on any atom is 0.237 e. The summed E-state index contributed by atoms with van der Waals surface area (Å²) in [5, 5.41) is 0. The maximum absolute atomic E-state index is 12.8. The molecule has 0 bridgehead atoms. The van der Waals surface area contributed by atoms with Crippen molar-refractivity contribution in [2.24, 2.45) is 5.92 Å². The van der Waals surface area contributed by atoms with Gasteiger partial charge in [0.1, 0.15) is 0 Å². The minimum absolute atomic E-state index is 0.284. The average Bonchev–Trinajstić information content (AvgIpc) is 3.48. The molecule has 1 atom stereocenters. The average molecular weight is 344 g/mol. The molecular weight excluding hydrogens is 316 g/mol.